The molecule has 3 heteroatoms. The van der Waals surface area contributed by atoms with E-state index < -0.39 is 0 Å². The van der Waals surface area contributed by atoms with E-state index >= 15 is 0 Å². The summed E-state index contributed by atoms with van der Waals surface area (Å²) in [6, 6.07) is 18.2. The fourth-order valence-electron chi connectivity index (χ4n) is 5.02. The zero-order chi connectivity index (χ0) is 26.2. The number of carbonyl (C=O) groups excluding carboxylic acids is 1. The molecule has 4 atom stereocenters. The van der Waals surface area contributed by atoms with E-state index in [0.29, 0.717) is 17.8 Å². The van der Waals surface area contributed by atoms with Gasteiger partial charge in [0.15, 0.2) is 0 Å². The summed E-state index contributed by atoms with van der Waals surface area (Å²) in [4.78, 5) is 15.1. The minimum absolute atomic E-state index is 0.0209. The first-order valence-electron chi connectivity index (χ1n) is 13.7. The molecule has 2 aromatic rings. The Morgan fingerprint density at radius 1 is 0.829 bits per heavy atom. The van der Waals surface area contributed by atoms with Gasteiger partial charge < -0.3 is 9.38 Å². The first-order valence-corrected chi connectivity index (χ1v) is 13.7. The molecule has 1 amide bonds. The van der Waals surface area contributed by atoms with E-state index in [0.717, 1.165) is 43.3 Å². The molecule has 0 heterocycles. The summed E-state index contributed by atoms with van der Waals surface area (Å²) < 4.78 is 0.992. The standard InChI is InChI=1S/C32H51N2O/c1-10-24(4)29-14-13-15-30(22-29)25(5)20-31(32(35)33(6)7)21-27(11-2)28-18-16-26(17-19-28)23-34(8,9)12-3/h13-19,22,24-25,27,31H,10-12,20-21,23H2,1-9H3/q+1. The van der Waals surface area contributed by atoms with Gasteiger partial charge in [-0.05, 0) is 67.1 Å². The Kier molecular flexibility index (Phi) is 11.0. The Morgan fingerprint density at radius 3 is 1.94 bits per heavy atom. The minimum Gasteiger partial charge on any atom is -0.349 e. The molecule has 0 aliphatic heterocycles. The molecule has 0 spiro atoms. The summed E-state index contributed by atoms with van der Waals surface area (Å²) in [5.74, 6) is 1.59. The second-order valence-electron chi connectivity index (χ2n) is 11.5. The average Bonchev–Trinajstić information content (AvgIpc) is 2.85. The van der Waals surface area contributed by atoms with Crippen molar-refractivity contribution in [3.05, 3.63) is 70.8 Å². The lowest BCUT2D eigenvalue weighted by Crippen LogP contribution is -2.38. The highest BCUT2D eigenvalue weighted by Crippen LogP contribution is 2.34. The Balaban J connectivity index is 2.21. The van der Waals surface area contributed by atoms with Gasteiger partial charge in [-0.3, -0.25) is 4.79 Å². The quantitative estimate of drug-likeness (QED) is 0.271. The summed E-state index contributed by atoms with van der Waals surface area (Å²) >= 11 is 0. The summed E-state index contributed by atoms with van der Waals surface area (Å²) in [7, 11) is 8.35. The SMILES string of the molecule is CCC(C)c1cccc(C(C)CC(CC(CC)c2ccc(C[N+](C)(C)CC)cc2)C(=O)N(C)C)c1. The zero-order valence-corrected chi connectivity index (χ0v) is 24.0. The number of benzene rings is 2. The molecule has 0 aliphatic rings. The summed E-state index contributed by atoms with van der Waals surface area (Å²) in [5, 5.41) is 0. The molecule has 0 fully saturated rings. The van der Waals surface area contributed by atoms with Crippen molar-refractivity contribution < 1.29 is 9.28 Å². The number of amides is 1. The van der Waals surface area contributed by atoms with Crippen molar-refractivity contribution in [3.8, 4) is 0 Å². The zero-order valence-electron chi connectivity index (χ0n) is 24.0. The lowest BCUT2D eigenvalue weighted by Gasteiger charge is -2.29. The predicted molar refractivity (Wildman–Crippen MR) is 151 cm³/mol. The molecule has 0 aliphatic carbocycles. The third-order valence-corrected chi connectivity index (χ3v) is 8.07. The maximum absolute atomic E-state index is 13.3. The average molecular weight is 480 g/mol. The topological polar surface area (TPSA) is 20.3 Å². The van der Waals surface area contributed by atoms with Gasteiger partial charge in [-0.25, -0.2) is 0 Å². The molecule has 3 nitrogen and oxygen atoms in total. The first-order chi connectivity index (χ1) is 16.5. The molecule has 0 bridgehead atoms. The van der Waals surface area contributed by atoms with Crippen molar-refractivity contribution in [1.29, 1.82) is 0 Å². The van der Waals surface area contributed by atoms with Crippen molar-refractivity contribution in [1.82, 2.24) is 4.90 Å². The lowest BCUT2D eigenvalue weighted by atomic mass is 9.80. The second-order valence-corrected chi connectivity index (χ2v) is 11.5. The van der Waals surface area contributed by atoms with Crippen LogP contribution in [0.25, 0.3) is 0 Å². The van der Waals surface area contributed by atoms with Crippen LogP contribution < -0.4 is 0 Å². The summed E-state index contributed by atoms with van der Waals surface area (Å²) in [6.45, 7) is 13.5. The van der Waals surface area contributed by atoms with Crippen LogP contribution >= 0.6 is 0 Å². The van der Waals surface area contributed by atoms with Crippen LogP contribution in [0, 0.1) is 5.92 Å². The van der Waals surface area contributed by atoms with Gasteiger partial charge in [-0.1, -0.05) is 76.2 Å². The van der Waals surface area contributed by atoms with Crippen LogP contribution in [0.3, 0.4) is 0 Å². The monoisotopic (exact) mass is 479 g/mol. The molecule has 2 rings (SSSR count). The number of rotatable bonds is 13. The van der Waals surface area contributed by atoms with Crippen LogP contribution in [0.2, 0.25) is 0 Å². The van der Waals surface area contributed by atoms with Crippen LogP contribution in [-0.4, -0.2) is 50.0 Å². The number of quaternary nitrogens is 1. The highest BCUT2D eigenvalue weighted by molar-refractivity contribution is 5.78. The molecule has 2 aromatic carbocycles. The highest BCUT2D eigenvalue weighted by Gasteiger charge is 2.27. The van der Waals surface area contributed by atoms with Gasteiger partial charge >= 0.3 is 0 Å². The van der Waals surface area contributed by atoms with E-state index in [1.54, 1.807) is 4.90 Å². The van der Waals surface area contributed by atoms with Gasteiger partial charge in [0.1, 0.15) is 6.54 Å². The van der Waals surface area contributed by atoms with Crippen molar-refractivity contribution in [3.63, 3.8) is 0 Å². The lowest BCUT2D eigenvalue weighted by molar-refractivity contribution is -0.901. The normalized spacial score (nSPS) is 15.3. The second kappa shape index (κ2) is 13.3. The summed E-state index contributed by atoms with van der Waals surface area (Å²) in [5.41, 5.74) is 5.50. The largest absolute Gasteiger partial charge is 0.349 e. The highest BCUT2D eigenvalue weighted by atomic mass is 16.2. The molecule has 0 N–H and O–H groups in total. The first kappa shape index (κ1) is 29.1. The molecular formula is C32H51N2O+. The Hall–Kier alpha value is -2.13. The van der Waals surface area contributed by atoms with Crippen LogP contribution in [0.1, 0.15) is 100 Å². The van der Waals surface area contributed by atoms with Gasteiger partial charge in [0.05, 0.1) is 20.6 Å². The molecule has 0 radical (unpaired) electrons. The van der Waals surface area contributed by atoms with E-state index in [1.807, 2.05) is 14.1 Å². The van der Waals surface area contributed by atoms with Crippen molar-refractivity contribution in [2.45, 2.75) is 84.6 Å². The van der Waals surface area contributed by atoms with Crippen molar-refractivity contribution in [2.75, 3.05) is 34.7 Å². The van der Waals surface area contributed by atoms with Crippen molar-refractivity contribution in [2.24, 2.45) is 5.92 Å². The molecule has 35 heavy (non-hydrogen) atoms. The van der Waals surface area contributed by atoms with Gasteiger partial charge in [0, 0.05) is 25.6 Å². The number of nitrogens with zero attached hydrogens (tertiary/aromatic N) is 2. The Labute approximate surface area is 216 Å². The fraction of sp³-hybridized carbons (Fsp3) is 0.594. The number of hydrogen-bond donors (Lipinski definition) is 0. The molecule has 0 aromatic heterocycles. The third-order valence-electron chi connectivity index (χ3n) is 8.07. The van der Waals surface area contributed by atoms with Gasteiger partial charge in [-0.15, -0.1) is 0 Å². The molecule has 4 unspecified atom stereocenters. The van der Waals surface area contributed by atoms with Crippen molar-refractivity contribution >= 4 is 5.91 Å². The Bertz CT molecular complexity index is 915. The number of carbonyl (C=O) groups is 1. The van der Waals surface area contributed by atoms with Crippen LogP contribution in [0.5, 0.6) is 0 Å². The third kappa shape index (κ3) is 8.49. The maximum atomic E-state index is 13.3. The van der Waals surface area contributed by atoms with E-state index in [1.165, 1.54) is 22.3 Å². The van der Waals surface area contributed by atoms with E-state index in [2.05, 4.69) is 97.2 Å². The molecule has 0 saturated carbocycles. The van der Waals surface area contributed by atoms with Crippen LogP contribution in [-0.2, 0) is 11.3 Å². The predicted octanol–water partition coefficient (Wildman–Crippen LogP) is 7.58. The van der Waals surface area contributed by atoms with Crippen LogP contribution in [0.15, 0.2) is 48.5 Å². The maximum Gasteiger partial charge on any atom is 0.225 e. The van der Waals surface area contributed by atoms with Gasteiger partial charge in [-0.2, -0.15) is 0 Å². The van der Waals surface area contributed by atoms with Gasteiger partial charge in [0.25, 0.3) is 0 Å². The fourth-order valence-corrected chi connectivity index (χ4v) is 5.02. The minimum atomic E-state index is 0.0209. The molecule has 0 saturated heterocycles. The van der Waals surface area contributed by atoms with E-state index in [-0.39, 0.29) is 11.8 Å². The molecule has 194 valence electrons. The summed E-state index contributed by atoms with van der Waals surface area (Å²) in [6.07, 6.45) is 3.98. The van der Waals surface area contributed by atoms with E-state index in [4.69, 9.17) is 0 Å². The number of hydrogen-bond acceptors (Lipinski definition) is 1. The smallest absolute Gasteiger partial charge is 0.225 e. The van der Waals surface area contributed by atoms with E-state index in [9.17, 15) is 4.79 Å². The Morgan fingerprint density at radius 2 is 1.43 bits per heavy atom. The van der Waals surface area contributed by atoms with Gasteiger partial charge in [0.2, 0.25) is 5.91 Å². The molecular weight excluding hydrogens is 428 g/mol. The van der Waals surface area contributed by atoms with Crippen LogP contribution in [0.4, 0.5) is 0 Å².